The number of aliphatic hydroxyl groups is 1. The largest absolute Gasteiger partial charge is 0.394 e. The lowest BCUT2D eigenvalue weighted by molar-refractivity contribution is 0.271. The van der Waals surface area contributed by atoms with E-state index >= 15 is 0 Å². The number of aliphatic hydroxyl groups excluding tert-OH is 1. The minimum atomic E-state index is 0.0209. The summed E-state index contributed by atoms with van der Waals surface area (Å²) in [6.07, 6.45) is 11.1. The smallest absolute Gasteiger partial charge is 0.131 e. The first kappa shape index (κ1) is 17.7. The molecule has 7 heteroatoms. The lowest BCUT2D eigenvalue weighted by Crippen LogP contribution is -2.26. The first-order valence-electron chi connectivity index (χ1n) is 9.11. The number of nitrogens with zero attached hydrogens (tertiary/aromatic N) is 4. The van der Waals surface area contributed by atoms with Crippen LogP contribution in [0.3, 0.4) is 0 Å². The summed E-state index contributed by atoms with van der Waals surface area (Å²) in [5.74, 6) is 2.19. The van der Waals surface area contributed by atoms with Crippen molar-refractivity contribution >= 4 is 11.6 Å². The molecule has 0 aromatic carbocycles. The molecule has 3 rings (SSSR count). The second-order valence-corrected chi connectivity index (χ2v) is 6.89. The fraction of sp³-hybridized carbons (Fsp3) is 0.611. The fourth-order valence-corrected chi connectivity index (χ4v) is 3.54. The highest BCUT2D eigenvalue weighted by Crippen LogP contribution is 2.31. The Balaban J connectivity index is 1.62. The van der Waals surface area contributed by atoms with Gasteiger partial charge in [-0.1, -0.05) is 13.3 Å². The molecule has 0 bridgehead atoms. The van der Waals surface area contributed by atoms with Crippen LogP contribution in [0.4, 0.5) is 11.6 Å². The van der Waals surface area contributed by atoms with Gasteiger partial charge in [0.2, 0.25) is 0 Å². The molecule has 0 saturated heterocycles. The van der Waals surface area contributed by atoms with Gasteiger partial charge in [0.1, 0.15) is 18.0 Å². The maximum absolute atomic E-state index is 9.33. The maximum atomic E-state index is 9.33. The number of hydrogen-bond donors (Lipinski definition) is 3. The zero-order chi connectivity index (χ0) is 17.6. The standard InChI is InChI=1S/C18H28N6O/c1-3-15(11-25)22-17-8-18(20-12-19-17)23-16-6-4-5-14(16)7-13-9-21-24(2)10-13/h8-10,12,14-16,25H,3-7,11H2,1-2H3,(H2,19,20,22,23). The van der Waals surface area contributed by atoms with Crippen molar-refractivity contribution in [1.82, 2.24) is 19.7 Å². The molecule has 0 aliphatic heterocycles. The number of aromatic nitrogens is 4. The van der Waals surface area contributed by atoms with Crippen molar-refractivity contribution in [1.29, 1.82) is 0 Å². The third-order valence-electron chi connectivity index (χ3n) is 4.98. The van der Waals surface area contributed by atoms with Crippen molar-refractivity contribution in [3.8, 4) is 0 Å². The highest BCUT2D eigenvalue weighted by atomic mass is 16.3. The average molecular weight is 344 g/mol. The first-order valence-corrected chi connectivity index (χ1v) is 9.11. The number of anilines is 2. The molecule has 3 atom stereocenters. The van der Waals surface area contributed by atoms with E-state index in [2.05, 4.69) is 31.9 Å². The summed E-state index contributed by atoms with van der Waals surface area (Å²) in [6, 6.07) is 2.37. The van der Waals surface area contributed by atoms with Gasteiger partial charge in [-0.05, 0) is 37.2 Å². The SMILES string of the molecule is CCC(CO)Nc1cc(NC2CCCC2Cc2cnn(C)c2)ncn1. The molecule has 25 heavy (non-hydrogen) atoms. The third-order valence-corrected chi connectivity index (χ3v) is 4.98. The van der Waals surface area contributed by atoms with E-state index in [0.717, 1.165) is 30.9 Å². The Labute approximate surface area is 148 Å². The Morgan fingerprint density at radius 3 is 2.88 bits per heavy atom. The van der Waals surface area contributed by atoms with Gasteiger partial charge in [0, 0.05) is 25.4 Å². The van der Waals surface area contributed by atoms with Crippen LogP contribution in [-0.2, 0) is 13.5 Å². The van der Waals surface area contributed by atoms with Crippen LogP contribution in [0.2, 0.25) is 0 Å². The molecule has 7 nitrogen and oxygen atoms in total. The first-order chi connectivity index (χ1) is 12.2. The van der Waals surface area contributed by atoms with Gasteiger partial charge in [-0.15, -0.1) is 0 Å². The Kier molecular flexibility index (Phi) is 5.86. The molecule has 1 saturated carbocycles. The Morgan fingerprint density at radius 2 is 2.16 bits per heavy atom. The van der Waals surface area contributed by atoms with Crippen LogP contribution in [0.15, 0.2) is 24.8 Å². The van der Waals surface area contributed by atoms with Gasteiger partial charge >= 0.3 is 0 Å². The summed E-state index contributed by atoms with van der Waals surface area (Å²) >= 11 is 0. The molecule has 1 fully saturated rings. The molecular weight excluding hydrogens is 316 g/mol. The van der Waals surface area contributed by atoms with Crippen molar-refractivity contribution in [3.63, 3.8) is 0 Å². The number of rotatable bonds is 8. The topological polar surface area (TPSA) is 87.9 Å². The number of hydrogen-bond acceptors (Lipinski definition) is 6. The predicted molar refractivity (Wildman–Crippen MR) is 98.5 cm³/mol. The minimum Gasteiger partial charge on any atom is -0.394 e. The predicted octanol–water partition coefficient (Wildman–Crippen LogP) is 2.22. The Bertz CT molecular complexity index is 669. The molecule has 0 spiro atoms. The summed E-state index contributed by atoms with van der Waals surface area (Å²) < 4.78 is 1.86. The van der Waals surface area contributed by atoms with Crippen molar-refractivity contribution in [2.24, 2.45) is 13.0 Å². The van der Waals surface area contributed by atoms with Crippen molar-refractivity contribution in [3.05, 3.63) is 30.4 Å². The highest BCUT2D eigenvalue weighted by Gasteiger charge is 2.28. The van der Waals surface area contributed by atoms with E-state index in [9.17, 15) is 5.11 Å². The summed E-state index contributed by atoms with van der Waals surface area (Å²) in [6.45, 7) is 2.13. The molecule has 3 unspecified atom stereocenters. The van der Waals surface area contributed by atoms with E-state index in [1.165, 1.54) is 18.4 Å². The van der Waals surface area contributed by atoms with E-state index in [1.54, 1.807) is 6.33 Å². The molecule has 0 amide bonds. The average Bonchev–Trinajstić information content (AvgIpc) is 3.22. The molecular formula is C18H28N6O. The van der Waals surface area contributed by atoms with Crippen LogP contribution < -0.4 is 10.6 Å². The van der Waals surface area contributed by atoms with Crippen LogP contribution >= 0.6 is 0 Å². The van der Waals surface area contributed by atoms with Crippen molar-refractivity contribution in [2.75, 3.05) is 17.2 Å². The maximum Gasteiger partial charge on any atom is 0.131 e. The zero-order valence-corrected chi connectivity index (χ0v) is 15.0. The molecule has 1 aliphatic carbocycles. The molecule has 2 aromatic rings. The van der Waals surface area contributed by atoms with Gasteiger partial charge in [0.15, 0.2) is 0 Å². The normalized spacial score (nSPS) is 21.2. The lowest BCUT2D eigenvalue weighted by Gasteiger charge is -2.22. The summed E-state index contributed by atoms with van der Waals surface area (Å²) in [4.78, 5) is 8.62. The molecule has 1 aliphatic rings. The van der Waals surface area contributed by atoms with E-state index < -0.39 is 0 Å². The Hall–Kier alpha value is -2.15. The monoisotopic (exact) mass is 344 g/mol. The molecule has 0 radical (unpaired) electrons. The minimum absolute atomic E-state index is 0.0209. The van der Waals surface area contributed by atoms with Gasteiger partial charge in [-0.2, -0.15) is 5.10 Å². The summed E-state index contributed by atoms with van der Waals surface area (Å²) in [7, 11) is 1.96. The van der Waals surface area contributed by atoms with Crippen molar-refractivity contribution in [2.45, 2.75) is 51.1 Å². The third kappa shape index (κ3) is 4.69. The highest BCUT2D eigenvalue weighted by molar-refractivity contribution is 5.47. The molecule has 2 heterocycles. The van der Waals surface area contributed by atoms with Crippen LogP contribution in [-0.4, -0.2) is 43.5 Å². The second-order valence-electron chi connectivity index (χ2n) is 6.89. The van der Waals surface area contributed by atoms with E-state index in [1.807, 2.05) is 30.9 Å². The quantitative estimate of drug-likeness (QED) is 0.680. The van der Waals surface area contributed by atoms with Crippen molar-refractivity contribution < 1.29 is 5.11 Å². The zero-order valence-electron chi connectivity index (χ0n) is 15.0. The van der Waals surface area contributed by atoms with Gasteiger partial charge in [0.05, 0.1) is 18.8 Å². The molecule has 136 valence electrons. The van der Waals surface area contributed by atoms with E-state index in [-0.39, 0.29) is 12.6 Å². The van der Waals surface area contributed by atoms with Gasteiger partial charge in [0.25, 0.3) is 0 Å². The molecule has 2 aromatic heterocycles. The second kappa shape index (κ2) is 8.29. The number of nitrogens with one attached hydrogen (secondary N) is 2. The lowest BCUT2D eigenvalue weighted by atomic mass is 9.96. The van der Waals surface area contributed by atoms with Crippen LogP contribution in [0.5, 0.6) is 0 Å². The Morgan fingerprint density at radius 1 is 1.32 bits per heavy atom. The molecule has 3 N–H and O–H groups in total. The van der Waals surface area contributed by atoms with Crippen LogP contribution in [0.1, 0.15) is 38.2 Å². The van der Waals surface area contributed by atoms with Crippen LogP contribution in [0, 0.1) is 5.92 Å². The van der Waals surface area contributed by atoms with E-state index in [4.69, 9.17) is 0 Å². The fourth-order valence-electron chi connectivity index (χ4n) is 3.54. The summed E-state index contributed by atoms with van der Waals surface area (Å²) in [5, 5.41) is 20.4. The van der Waals surface area contributed by atoms with E-state index in [0.29, 0.717) is 12.0 Å². The van der Waals surface area contributed by atoms with Gasteiger partial charge < -0.3 is 15.7 Å². The van der Waals surface area contributed by atoms with Crippen LogP contribution in [0.25, 0.3) is 0 Å². The van der Waals surface area contributed by atoms with Gasteiger partial charge in [-0.3, -0.25) is 4.68 Å². The summed E-state index contributed by atoms with van der Waals surface area (Å²) in [5.41, 5.74) is 1.29. The van der Waals surface area contributed by atoms with Gasteiger partial charge in [-0.25, -0.2) is 9.97 Å². The number of aryl methyl sites for hydroxylation is 1.